The van der Waals surface area contributed by atoms with Gasteiger partial charge in [0.05, 0.1) is 0 Å². The van der Waals surface area contributed by atoms with Crippen LogP contribution >= 0.6 is 0 Å². The van der Waals surface area contributed by atoms with Crippen molar-refractivity contribution in [3.63, 3.8) is 0 Å². The zero-order valence-electron chi connectivity index (χ0n) is 7.97. The second-order valence-electron chi connectivity index (χ2n) is 4.24. The van der Waals surface area contributed by atoms with Crippen molar-refractivity contribution in [1.29, 1.82) is 0 Å². The van der Waals surface area contributed by atoms with Crippen LogP contribution < -0.4 is 0 Å². The first-order chi connectivity index (χ1) is 5.25. The Morgan fingerprint density at radius 1 is 1.36 bits per heavy atom. The van der Waals surface area contributed by atoms with E-state index in [1.54, 1.807) is 0 Å². The highest BCUT2D eigenvalue weighted by Gasteiger charge is 2.28. The van der Waals surface area contributed by atoms with E-state index in [4.69, 9.17) is 0 Å². The normalized spacial score (nSPS) is 21.8. The predicted octanol–water partition coefficient (Wildman–Crippen LogP) is 3.67. The van der Waals surface area contributed by atoms with Gasteiger partial charge in [-0.1, -0.05) is 46.5 Å². The summed E-state index contributed by atoms with van der Waals surface area (Å²) in [5.41, 5.74) is 0. The van der Waals surface area contributed by atoms with E-state index in [1.807, 2.05) is 0 Å². The maximum absolute atomic E-state index is 3.95. The van der Waals surface area contributed by atoms with Gasteiger partial charge in [-0.15, -0.1) is 0 Å². The van der Waals surface area contributed by atoms with Gasteiger partial charge in [0.25, 0.3) is 0 Å². The third-order valence-electron chi connectivity index (χ3n) is 3.15. The molecular weight excluding hydrogens is 132 g/mol. The Balaban J connectivity index is 2.31. The lowest BCUT2D eigenvalue weighted by molar-refractivity contribution is 0.151. The molecule has 1 atom stereocenters. The van der Waals surface area contributed by atoms with Crippen LogP contribution in [0.25, 0.3) is 0 Å². The van der Waals surface area contributed by atoms with Gasteiger partial charge in [0.15, 0.2) is 0 Å². The van der Waals surface area contributed by atoms with Gasteiger partial charge in [0.2, 0.25) is 0 Å². The fraction of sp³-hybridized carbons (Fsp3) is 0.909. The molecule has 0 saturated heterocycles. The largest absolute Gasteiger partial charge is 0.0625 e. The molecule has 0 nitrogen and oxygen atoms in total. The highest BCUT2D eigenvalue weighted by atomic mass is 14.3. The van der Waals surface area contributed by atoms with Gasteiger partial charge >= 0.3 is 0 Å². The Morgan fingerprint density at radius 3 is 2.27 bits per heavy atom. The Hall–Kier alpha value is 0. The summed E-state index contributed by atoms with van der Waals surface area (Å²) < 4.78 is 0. The molecule has 0 aromatic carbocycles. The molecule has 0 bridgehead atoms. The van der Waals surface area contributed by atoms with Crippen molar-refractivity contribution in [2.45, 2.75) is 46.0 Å². The first kappa shape index (κ1) is 9.09. The van der Waals surface area contributed by atoms with Gasteiger partial charge in [0, 0.05) is 0 Å². The minimum atomic E-state index is 0.877. The molecule has 65 valence electrons. The average molecular weight is 153 g/mol. The minimum absolute atomic E-state index is 0.877. The van der Waals surface area contributed by atoms with Gasteiger partial charge < -0.3 is 0 Å². The van der Waals surface area contributed by atoms with E-state index in [-0.39, 0.29) is 0 Å². The summed E-state index contributed by atoms with van der Waals surface area (Å²) in [7, 11) is 0. The van der Waals surface area contributed by atoms with Crippen LogP contribution in [0.3, 0.4) is 0 Å². The predicted molar refractivity (Wildman–Crippen MR) is 50.3 cm³/mol. The first-order valence-electron chi connectivity index (χ1n) is 5.05. The Morgan fingerprint density at radius 2 is 2.00 bits per heavy atom. The van der Waals surface area contributed by atoms with Gasteiger partial charge in [-0.25, -0.2) is 0 Å². The summed E-state index contributed by atoms with van der Waals surface area (Å²) in [6.07, 6.45) is 6.93. The van der Waals surface area contributed by atoms with Crippen LogP contribution in [0.2, 0.25) is 0 Å². The molecule has 0 heteroatoms. The average Bonchev–Trinajstić information content (AvgIpc) is 1.82. The number of rotatable bonds is 4. The molecule has 1 saturated carbocycles. The molecule has 0 N–H and O–H groups in total. The fourth-order valence-electron chi connectivity index (χ4n) is 2.22. The molecule has 1 rings (SSSR count). The molecule has 0 amide bonds. The molecule has 11 heavy (non-hydrogen) atoms. The van der Waals surface area contributed by atoms with Crippen LogP contribution in [-0.2, 0) is 0 Å². The standard InChI is InChI=1S/C11H21/c1-4-6-11(9(2)3)10-7-5-8-10/h9-11H,1,4-8H2,2-3H3. The zero-order chi connectivity index (χ0) is 8.27. The third-order valence-corrected chi connectivity index (χ3v) is 3.15. The van der Waals surface area contributed by atoms with Gasteiger partial charge in [0.1, 0.15) is 0 Å². The van der Waals surface area contributed by atoms with Gasteiger partial charge in [-0.05, 0) is 24.2 Å². The second-order valence-corrected chi connectivity index (χ2v) is 4.24. The summed E-state index contributed by atoms with van der Waals surface area (Å²) >= 11 is 0. The molecule has 1 fully saturated rings. The van der Waals surface area contributed by atoms with Gasteiger partial charge in [-0.2, -0.15) is 0 Å². The monoisotopic (exact) mass is 153 g/mol. The zero-order valence-corrected chi connectivity index (χ0v) is 7.97. The summed E-state index contributed by atoms with van der Waals surface area (Å²) in [5, 5.41) is 0. The summed E-state index contributed by atoms with van der Waals surface area (Å²) in [4.78, 5) is 0. The quantitative estimate of drug-likeness (QED) is 0.578. The SMILES string of the molecule is [CH2]CCC(C(C)C)C1CCC1. The van der Waals surface area contributed by atoms with Crippen molar-refractivity contribution in [1.82, 2.24) is 0 Å². The third kappa shape index (κ3) is 2.21. The maximum atomic E-state index is 3.95. The maximum Gasteiger partial charge on any atom is -0.0363 e. The second kappa shape index (κ2) is 4.13. The van der Waals surface area contributed by atoms with Crippen molar-refractivity contribution in [2.24, 2.45) is 17.8 Å². The van der Waals surface area contributed by atoms with Crippen LogP contribution in [-0.4, -0.2) is 0 Å². The lowest BCUT2D eigenvalue weighted by atomic mass is 9.70. The van der Waals surface area contributed by atoms with E-state index in [1.165, 1.54) is 25.7 Å². The van der Waals surface area contributed by atoms with Crippen LogP contribution in [0.4, 0.5) is 0 Å². The fourth-order valence-corrected chi connectivity index (χ4v) is 2.22. The van der Waals surface area contributed by atoms with E-state index < -0.39 is 0 Å². The van der Waals surface area contributed by atoms with E-state index in [2.05, 4.69) is 20.8 Å². The summed E-state index contributed by atoms with van der Waals surface area (Å²) in [6.45, 7) is 8.67. The van der Waals surface area contributed by atoms with Crippen molar-refractivity contribution in [3.05, 3.63) is 6.92 Å². The molecule has 1 unspecified atom stereocenters. The Kier molecular flexibility index (Phi) is 3.42. The first-order valence-corrected chi connectivity index (χ1v) is 5.05. The molecule has 0 aliphatic heterocycles. The minimum Gasteiger partial charge on any atom is -0.0625 e. The van der Waals surface area contributed by atoms with Crippen molar-refractivity contribution in [3.8, 4) is 0 Å². The van der Waals surface area contributed by atoms with E-state index in [0.717, 1.165) is 24.2 Å². The van der Waals surface area contributed by atoms with E-state index in [0.29, 0.717) is 0 Å². The number of hydrogen-bond donors (Lipinski definition) is 0. The summed E-state index contributed by atoms with van der Waals surface area (Å²) in [5.74, 6) is 2.90. The lowest BCUT2D eigenvalue weighted by Gasteiger charge is -2.36. The Bertz CT molecular complexity index is 101. The smallest absolute Gasteiger partial charge is 0.0363 e. The molecule has 0 aromatic heterocycles. The summed E-state index contributed by atoms with van der Waals surface area (Å²) in [6, 6.07) is 0. The van der Waals surface area contributed by atoms with Crippen LogP contribution in [0.15, 0.2) is 0 Å². The molecular formula is C11H21. The lowest BCUT2D eigenvalue weighted by Crippen LogP contribution is -2.25. The number of hydrogen-bond acceptors (Lipinski definition) is 0. The molecule has 0 heterocycles. The molecule has 1 aliphatic carbocycles. The molecule has 1 aliphatic rings. The highest BCUT2D eigenvalue weighted by molar-refractivity contribution is 4.79. The van der Waals surface area contributed by atoms with Crippen molar-refractivity contribution in [2.75, 3.05) is 0 Å². The van der Waals surface area contributed by atoms with Crippen LogP contribution in [0, 0.1) is 24.7 Å². The molecule has 0 aromatic rings. The van der Waals surface area contributed by atoms with Crippen LogP contribution in [0.1, 0.15) is 46.0 Å². The molecule has 1 radical (unpaired) electrons. The topological polar surface area (TPSA) is 0 Å². The molecule has 0 spiro atoms. The highest BCUT2D eigenvalue weighted by Crippen LogP contribution is 2.39. The van der Waals surface area contributed by atoms with Crippen molar-refractivity contribution < 1.29 is 0 Å². The van der Waals surface area contributed by atoms with Crippen LogP contribution in [0.5, 0.6) is 0 Å². The van der Waals surface area contributed by atoms with E-state index in [9.17, 15) is 0 Å². The Labute approximate surface area is 71.4 Å². The van der Waals surface area contributed by atoms with Gasteiger partial charge in [-0.3, -0.25) is 0 Å². The van der Waals surface area contributed by atoms with E-state index >= 15 is 0 Å². The van der Waals surface area contributed by atoms with Crippen molar-refractivity contribution >= 4 is 0 Å².